The van der Waals surface area contributed by atoms with Gasteiger partial charge in [-0.3, -0.25) is 14.5 Å². The minimum atomic E-state index is -0.803. The van der Waals surface area contributed by atoms with Crippen molar-refractivity contribution in [1.82, 2.24) is 15.5 Å². The number of hydrogen-bond acceptors (Lipinski definition) is 4. The van der Waals surface area contributed by atoms with Crippen molar-refractivity contribution in [3.05, 3.63) is 36.3 Å². The van der Waals surface area contributed by atoms with Gasteiger partial charge in [-0.15, -0.1) is 0 Å². The Morgan fingerprint density at radius 3 is 2.88 bits per heavy atom. The summed E-state index contributed by atoms with van der Waals surface area (Å²) in [4.78, 5) is 37.6. The number of rotatable bonds is 6. The number of hydrogen-bond donors (Lipinski definition) is 2. The molecule has 1 saturated carbocycles. The van der Waals surface area contributed by atoms with Crippen LogP contribution in [0.25, 0.3) is 0 Å². The highest BCUT2D eigenvalue weighted by molar-refractivity contribution is 6.05. The molecule has 2 heterocycles. The Bertz CT molecular complexity index is 712. The third-order valence-electron chi connectivity index (χ3n) is 5.37. The summed E-state index contributed by atoms with van der Waals surface area (Å²) in [5.41, 5.74) is 0. The number of allylic oxidation sites excluding steroid dienone is 2. The van der Waals surface area contributed by atoms with Crippen LogP contribution >= 0.6 is 0 Å². The predicted octanol–water partition coefficient (Wildman–Crippen LogP) is 1.42. The van der Waals surface area contributed by atoms with Crippen molar-refractivity contribution in [2.24, 2.45) is 17.8 Å². The largest absolute Gasteiger partial charge is 0.467 e. The molecule has 4 rings (SSSR count). The lowest BCUT2D eigenvalue weighted by Gasteiger charge is -2.19. The standard InChI is InChI=1S/C18H21N3O4/c22-16(19-9-13-7-11-3-4-12(13)6-11)8-15-17(23)21(18(24)20-15)10-14-2-1-5-25-14/h1-5,11-13,15H,6-10H2,(H,19,22)(H,20,24). The Morgan fingerprint density at radius 1 is 1.32 bits per heavy atom. The van der Waals surface area contributed by atoms with E-state index in [0.29, 0.717) is 30.1 Å². The van der Waals surface area contributed by atoms with Gasteiger partial charge in [0.05, 0.1) is 19.2 Å². The minimum Gasteiger partial charge on any atom is -0.467 e. The molecule has 2 fully saturated rings. The normalized spacial score (nSPS) is 30.2. The molecule has 2 bridgehead atoms. The molecular formula is C18H21N3O4. The Labute approximate surface area is 145 Å². The molecule has 2 N–H and O–H groups in total. The van der Waals surface area contributed by atoms with Crippen LogP contribution in [0.2, 0.25) is 0 Å². The number of fused-ring (bicyclic) bond motifs is 2. The predicted molar refractivity (Wildman–Crippen MR) is 88.0 cm³/mol. The summed E-state index contributed by atoms with van der Waals surface area (Å²) in [6.07, 6.45) is 8.29. The molecule has 4 atom stereocenters. The van der Waals surface area contributed by atoms with Crippen LogP contribution in [-0.4, -0.2) is 35.3 Å². The van der Waals surface area contributed by atoms with E-state index in [9.17, 15) is 14.4 Å². The van der Waals surface area contributed by atoms with Crippen LogP contribution in [0.1, 0.15) is 25.0 Å². The molecular weight excluding hydrogens is 322 g/mol. The Balaban J connectivity index is 1.27. The molecule has 25 heavy (non-hydrogen) atoms. The third kappa shape index (κ3) is 3.18. The van der Waals surface area contributed by atoms with Crippen molar-refractivity contribution in [2.75, 3.05) is 6.54 Å². The molecule has 0 aromatic carbocycles. The van der Waals surface area contributed by atoms with E-state index in [4.69, 9.17) is 4.42 Å². The van der Waals surface area contributed by atoms with E-state index in [1.807, 2.05) is 0 Å². The summed E-state index contributed by atoms with van der Waals surface area (Å²) < 4.78 is 5.17. The number of amides is 4. The summed E-state index contributed by atoms with van der Waals surface area (Å²) in [6.45, 7) is 0.711. The number of furan rings is 1. The molecule has 0 spiro atoms. The van der Waals surface area contributed by atoms with Gasteiger partial charge in [-0.2, -0.15) is 0 Å². The van der Waals surface area contributed by atoms with Gasteiger partial charge in [0.2, 0.25) is 5.91 Å². The topological polar surface area (TPSA) is 91.7 Å². The lowest BCUT2D eigenvalue weighted by atomic mass is 9.93. The molecule has 1 aromatic heterocycles. The first-order valence-corrected chi connectivity index (χ1v) is 8.69. The number of carbonyl (C=O) groups is 3. The SMILES string of the molecule is O=C(CC1NC(=O)N(Cc2ccco2)C1=O)NCC1CC2C=CC1C2. The smallest absolute Gasteiger partial charge is 0.325 e. The summed E-state index contributed by atoms with van der Waals surface area (Å²) in [5.74, 6) is 1.66. The van der Waals surface area contributed by atoms with Crippen LogP contribution in [0.4, 0.5) is 4.79 Å². The highest BCUT2D eigenvalue weighted by Crippen LogP contribution is 2.42. The number of imide groups is 1. The van der Waals surface area contributed by atoms with Crippen molar-refractivity contribution in [1.29, 1.82) is 0 Å². The van der Waals surface area contributed by atoms with Crippen LogP contribution in [0.5, 0.6) is 0 Å². The molecule has 1 aromatic rings. The number of nitrogens with one attached hydrogen (secondary N) is 2. The Kier molecular flexibility index (Phi) is 4.07. The molecule has 4 unspecified atom stereocenters. The zero-order chi connectivity index (χ0) is 17.4. The maximum atomic E-state index is 12.4. The lowest BCUT2D eigenvalue weighted by Crippen LogP contribution is -2.38. The van der Waals surface area contributed by atoms with Gasteiger partial charge >= 0.3 is 6.03 Å². The molecule has 1 aliphatic heterocycles. The lowest BCUT2D eigenvalue weighted by molar-refractivity contribution is -0.131. The summed E-state index contributed by atoms with van der Waals surface area (Å²) in [6, 6.07) is 2.10. The van der Waals surface area contributed by atoms with E-state index >= 15 is 0 Å². The van der Waals surface area contributed by atoms with Gasteiger partial charge in [-0.25, -0.2) is 4.79 Å². The average molecular weight is 343 g/mol. The molecule has 7 nitrogen and oxygen atoms in total. The zero-order valence-electron chi connectivity index (χ0n) is 13.8. The summed E-state index contributed by atoms with van der Waals surface area (Å²) in [5, 5.41) is 5.49. The number of carbonyl (C=O) groups excluding carboxylic acids is 3. The van der Waals surface area contributed by atoms with Crippen LogP contribution in [0.15, 0.2) is 35.0 Å². The number of nitrogens with zero attached hydrogens (tertiary/aromatic N) is 1. The van der Waals surface area contributed by atoms with Crippen LogP contribution in [0, 0.1) is 17.8 Å². The van der Waals surface area contributed by atoms with Crippen molar-refractivity contribution < 1.29 is 18.8 Å². The van der Waals surface area contributed by atoms with Gasteiger partial charge in [0.25, 0.3) is 5.91 Å². The van der Waals surface area contributed by atoms with E-state index < -0.39 is 12.1 Å². The second-order valence-electron chi connectivity index (χ2n) is 7.05. The molecule has 1 saturated heterocycles. The van der Waals surface area contributed by atoms with Crippen molar-refractivity contribution >= 4 is 17.8 Å². The highest BCUT2D eigenvalue weighted by Gasteiger charge is 2.40. The van der Waals surface area contributed by atoms with Crippen molar-refractivity contribution in [3.63, 3.8) is 0 Å². The Hall–Kier alpha value is -2.57. The number of urea groups is 1. The van der Waals surface area contributed by atoms with Crippen LogP contribution < -0.4 is 10.6 Å². The second kappa shape index (κ2) is 6.38. The molecule has 7 heteroatoms. The van der Waals surface area contributed by atoms with E-state index in [1.165, 1.54) is 12.7 Å². The molecule has 4 amide bonds. The average Bonchev–Trinajstić information content (AvgIpc) is 3.36. The first-order chi connectivity index (χ1) is 12.1. The van der Waals surface area contributed by atoms with Gasteiger partial charge in [0, 0.05) is 6.54 Å². The van der Waals surface area contributed by atoms with Gasteiger partial charge in [-0.1, -0.05) is 12.2 Å². The van der Waals surface area contributed by atoms with Crippen molar-refractivity contribution in [3.8, 4) is 0 Å². The molecule has 132 valence electrons. The van der Waals surface area contributed by atoms with Gasteiger partial charge in [-0.05, 0) is 42.7 Å². The maximum absolute atomic E-state index is 12.4. The van der Waals surface area contributed by atoms with E-state index in [0.717, 1.165) is 11.3 Å². The highest BCUT2D eigenvalue weighted by atomic mass is 16.3. The quantitative estimate of drug-likeness (QED) is 0.604. The van der Waals surface area contributed by atoms with Gasteiger partial charge in [0.15, 0.2) is 0 Å². The Morgan fingerprint density at radius 2 is 2.20 bits per heavy atom. The molecule has 3 aliphatic rings. The first kappa shape index (κ1) is 15.9. The molecule has 2 aliphatic carbocycles. The summed E-state index contributed by atoms with van der Waals surface area (Å²) in [7, 11) is 0. The fraction of sp³-hybridized carbons (Fsp3) is 0.500. The van der Waals surface area contributed by atoms with Crippen molar-refractivity contribution in [2.45, 2.75) is 31.8 Å². The van der Waals surface area contributed by atoms with E-state index in [2.05, 4.69) is 22.8 Å². The zero-order valence-corrected chi connectivity index (χ0v) is 13.8. The first-order valence-electron chi connectivity index (χ1n) is 8.69. The second-order valence-corrected chi connectivity index (χ2v) is 7.05. The van der Waals surface area contributed by atoms with Gasteiger partial charge < -0.3 is 15.1 Å². The fourth-order valence-corrected chi connectivity index (χ4v) is 4.06. The molecule has 0 radical (unpaired) electrons. The van der Waals surface area contributed by atoms with Gasteiger partial charge in [0.1, 0.15) is 11.8 Å². The minimum absolute atomic E-state index is 0.0319. The van der Waals surface area contributed by atoms with Crippen LogP contribution in [0.3, 0.4) is 0 Å². The third-order valence-corrected chi connectivity index (χ3v) is 5.37. The van der Waals surface area contributed by atoms with E-state index in [-0.39, 0.29) is 24.8 Å². The maximum Gasteiger partial charge on any atom is 0.325 e. The fourth-order valence-electron chi connectivity index (χ4n) is 4.06. The van der Waals surface area contributed by atoms with E-state index in [1.54, 1.807) is 12.1 Å². The monoisotopic (exact) mass is 343 g/mol. The summed E-state index contributed by atoms with van der Waals surface area (Å²) >= 11 is 0. The van der Waals surface area contributed by atoms with Crippen LogP contribution in [-0.2, 0) is 16.1 Å².